The van der Waals surface area contributed by atoms with E-state index in [1.807, 2.05) is 36.5 Å². The van der Waals surface area contributed by atoms with Crippen molar-refractivity contribution in [3.8, 4) is 11.4 Å². The van der Waals surface area contributed by atoms with Gasteiger partial charge in [-0.15, -0.1) is 0 Å². The first-order chi connectivity index (χ1) is 15.7. The highest BCUT2D eigenvalue weighted by Gasteiger charge is 2.41. The van der Waals surface area contributed by atoms with Crippen LogP contribution in [0.2, 0.25) is 0 Å². The Morgan fingerprint density at radius 1 is 0.938 bits per heavy atom. The Balaban J connectivity index is 1.57. The van der Waals surface area contributed by atoms with Crippen LogP contribution in [0, 0.1) is 0 Å². The molecule has 2 aromatic heterocycles. The third kappa shape index (κ3) is 3.85. The Labute approximate surface area is 193 Å². The summed E-state index contributed by atoms with van der Waals surface area (Å²) < 4.78 is 7.55. The summed E-state index contributed by atoms with van der Waals surface area (Å²) in [6.45, 7) is 0.684. The summed E-state index contributed by atoms with van der Waals surface area (Å²) in [4.78, 5) is 6.90. The molecule has 0 amide bonds. The summed E-state index contributed by atoms with van der Waals surface area (Å²) in [6, 6.07) is 28.7. The zero-order valence-electron chi connectivity index (χ0n) is 17.8. The highest BCUT2D eigenvalue weighted by Crippen LogP contribution is 2.40. The maximum Gasteiger partial charge on any atom is 0.170 e. The number of para-hydroxylation sites is 1. The zero-order valence-corrected chi connectivity index (χ0v) is 18.6. The van der Waals surface area contributed by atoms with Crippen molar-refractivity contribution in [2.24, 2.45) is 0 Å². The lowest BCUT2D eigenvalue weighted by Gasteiger charge is -2.29. The van der Waals surface area contributed by atoms with E-state index in [0.717, 1.165) is 27.9 Å². The van der Waals surface area contributed by atoms with E-state index in [0.29, 0.717) is 6.54 Å². The van der Waals surface area contributed by atoms with Gasteiger partial charge in [-0.1, -0.05) is 36.4 Å². The summed E-state index contributed by atoms with van der Waals surface area (Å²) in [7, 11) is 1.68. The minimum Gasteiger partial charge on any atom is -0.497 e. The molecule has 2 aromatic carbocycles. The van der Waals surface area contributed by atoms with Gasteiger partial charge in [0.1, 0.15) is 5.75 Å². The highest BCUT2D eigenvalue weighted by molar-refractivity contribution is 7.80. The van der Waals surface area contributed by atoms with E-state index in [1.165, 1.54) is 5.56 Å². The number of rotatable bonds is 6. The molecule has 0 unspecified atom stereocenters. The van der Waals surface area contributed by atoms with Crippen LogP contribution in [0.15, 0.2) is 97.3 Å². The molecule has 5 nitrogen and oxygen atoms in total. The molecule has 1 fully saturated rings. The van der Waals surface area contributed by atoms with E-state index >= 15 is 0 Å². The molecule has 2 atom stereocenters. The number of methoxy groups -OCH3 is 1. The Morgan fingerprint density at radius 3 is 2.44 bits per heavy atom. The largest absolute Gasteiger partial charge is 0.497 e. The molecule has 0 aliphatic carbocycles. The van der Waals surface area contributed by atoms with E-state index in [-0.39, 0.29) is 12.1 Å². The van der Waals surface area contributed by atoms with Crippen LogP contribution in [0.3, 0.4) is 0 Å². The molecule has 32 heavy (non-hydrogen) atoms. The number of ether oxygens (including phenoxy) is 1. The van der Waals surface area contributed by atoms with Gasteiger partial charge in [0.25, 0.3) is 0 Å². The normalized spacial score (nSPS) is 17.9. The predicted octanol–water partition coefficient (Wildman–Crippen LogP) is 5.05. The van der Waals surface area contributed by atoms with Gasteiger partial charge in [0.2, 0.25) is 0 Å². The molecule has 0 bridgehead atoms. The lowest BCUT2D eigenvalue weighted by Crippen LogP contribution is -2.30. The Hall–Kier alpha value is -3.64. The molecule has 1 N–H and O–H groups in total. The molecule has 1 saturated heterocycles. The molecule has 0 saturated carbocycles. The quantitative estimate of drug-likeness (QED) is 0.425. The number of aromatic nitrogens is 2. The number of thiocarbonyl (C=S) groups is 1. The fourth-order valence-corrected chi connectivity index (χ4v) is 4.59. The van der Waals surface area contributed by atoms with Crippen LogP contribution >= 0.6 is 12.2 Å². The average Bonchev–Trinajstić information content (AvgIpc) is 3.45. The minimum atomic E-state index is -0.0562. The van der Waals surface area contributed by atoms with Crippen molar-refractivity contribution in [1.82, 2.24) is 19.8 Å². The molecule has 3 heterocycles. The molecule has 5 rings (SSSR count). The van der Waals surface area contributed by atoms with Crippen molar-refractivity contribution in [3.05, 3.63) is 114 Å². The molecule has 4 aromatic rings. The van der Waals surface area contributed by atoms with Gasteiger partial charge in [-0.05, 0) is 66.3 Å². The number of hydrogen-bond donors (Lipinski definition) is 1. The molecule has 0 spiro atoms. The van der Waals surface area contributed by atoms with E-state index in [4.69, 9.17) is 17.0 Å². The lowest BCUT2D eigenvalue weighted by atomic mass is 10.0. The Kier molecular flexibility index (Phi) is 5.60. The average molecular weight is 441 g/mol. The smallest absolute Gasteiger partial charge is 0.170 e. The van der Waals surface area contributed by atoms with Crippen LogP contribution in [0.4, 0.5) is 0 Å². The van der Waals surface area contributed by atoms with Crippen molar-refractivity contribution in [2.75, 3.05) is 7.11 Å². The first kappa shape index (κ1) is 20.3. The molecule has 1 aliphatic heterocycles. The first-order valence-electron chi connectivity index (χ1n) is 10.6. The highest BCUT2D eigenvalue weighted by atomic mass is 32.1. The van der Waals surface area contributed by atoms with Crippen molar-refractivity contribution < 1.29 is 4.74 Å². The SMILES string of the molecule is COc1ccc(CN2C(=S)N[C@@H](c3ccccn3)[C@@H]2c2cccn2-c2ccccc2)cc1. The lowest BCUT2D eigenvalue weighted by molar-refractivity contribution is 0.302. The second kappa shape index (κ2) is 8.85. The summed E-state index contributed by atoms with van der Waals surface area (Å²) in [5.74, 6) is 0.844. The number of nitrogens with zero attached hydrogens (tertiary/aromatic N) is 3. The maximum absolute atomic E-state index is 5.83. The van der Waals surface area contributed by atoms with Gasteiger partial charge < -0.3 is 19.5 Å². The third-order valence-electron chi connectivity index (χ3n) is 5.83. The fourth-order valence-electron chi connectivity index (χ4n) is 4.28. The van der Waals surface area contributed by atoms with E-state index in [2.05, 4.69) is 80.6 Å². The standard InChI is InChI=1S/C26H24N4OS/c1-31-21-14-12-19(13-15-21)18-30-25(24(28-26(30)32)22-10-5-6-16-27-22)23-11-7-17-29(23)20-8-3-2-4-9-20/h2-17,24-25H,18H2,1H3,(H,28,32)/t24-,25-/m0/s1. The van der Waals surface area contributed by atoms with Gasteiger partial charge in [-0.2, -0.15) is 0 Å². The van der Waals surface area contributed by atoms with Crippen LogP contribution < -0.4 is 10.1 Å². The summed E-state index contributed by atoms with van der Waals surface area (Å²) in [5.41, 5.74) is 4.42. The van der Waals surface area contributed by atoms with Gasteiger partial charge in [-0.3, -0.25) is 4.98 Å². The van der Waals surface area contributed by atoms with Crippen LogP contribution in [-0.2, 0) is 6.54 Å². The molecule has 0 radical (unpaired) electrons. The van der Waals surface area contributed by atoms with Crippen LogP contribution in [0.5, 0.6) is 5.75 Å². The topological polar surface area (TPSA) is 42.3 Å². The first-order valence-corrected chi connectivity index (χ1v) is 11.0. The molecule has 6 heteroatoms. The summed E-state index contributed by atoms with van der Waals surface area (Å²) in [6.07, 6.45) is 3.94. The number of pyridine rings is 1. The van der Waals surface area contributed by atoms with Gasteiger partial charge >= 0.3 is 0 Å². The van der Waals surface area contributed by atoms with Crippen LogP contribution in [-0.4, -0.2) is 26.7 Å². The fraction of sp³-hybridized carbons (Fsp3) is 0.154. The van der Waals surface area contributed by atoms with Crippen LogP contribution in [0.1, 0.15) is 29.0 Å². The molecule has 1 aliphatic rings. The second-order valence-electron chi connectivity index (χ2n) is 7.74. The second-order valence-corrected chi connectivity index (χ2v) is 8.13. The van der Waals surface area contributed by atoms with Crippen molar-refractivity contribution in [2.45, 2.75) is 18.6 Å². The minimum absolute atomic E-state index is 0.0188. The van der Waals surface area contributed by atoms with Gasteiger partial charge in [0.15, 0.2) is 5.11 Å². The number of benzene rings is 2. The van der Waals surface area contributed by atoms with Gasteiger partial charge in [0, 0.05) is 30.3 Å². The monoisotopic (exact) mass is 440 g/mol. The van der Waals surface area contributed by atoms with Crippen molar-refractivity contribution in [3.63, 3.8) is 0 Å². The predicted molar refractivity (Wildman–Crippen MR) is 130 cm³/mol. The molecular formula is C26H24N4OS. The molecular weight excluding hydrogens is 416 g/mol. The number of hydrogen-bond acceptors (Lipinski definition) is 3. The van der Waals surface area contributed by atoms with E-state index in [1.54, 1.807) is 7.11 Å². The third-order valence-corrected chi connectivity index (χ3v) is 6.18. The van der Waals surface area contributed by atoms with Crippen molar-refractivity contribution >= 4 is 17.3 Å². The Morgan fingerprint density at radius 2 is 1.72 bits per heavy atom. The van der Waals surface area contributed by atoms with Crippen molar-refractivity contribution in [1.29, 1.82) is 0 Å². The van der Waals surface area contributed by atoms with Crippen LogP contribution in [0.25, 0.3) is 5.69 Å². The summed E-state index contributed by atoms with van der Waals surface area (Å²) in [5, 5.41) is 4.26. The van der Waals surface area contributed by atoms with Gasteiger partial charge in [-0.25, -0.2) is 0 Å². The number of nitrogens with one attached hydrogen (secondary N) is 1. The summed E-state index contributed by atoms with van der Waals surface area (Å²) >= 11 is 5.83. The van der Waals surface area contributed by atoms with Gasteiger partial charge in [0.05, 0.1) is 24.9 Å². The maximum atomic E-state index is 5.83. The molecule has 160 valence electrons. The zero-order chi connectivity index (χ0) is 21.9. The van der Waals surface area contributed by atoms with E-state index in [9.17, 15) is 0 Å². The van der Waals surface area contributed by atoms with E-state index < -0.39 is 0 Å². The Bertz CT molecular complexity index is 1190.